The number of thiazole rings is 1. The number of rotatable bonds is 4. The second-order valence-corrected chi connectivity index (χ2v) is 7.20. The summed E-state index contributed by atoms with van der Waals surface area (Å²) in [7, 11) is 0. The number of carbonyl (C=O) groups excluding carboxylic acids is 1. The molecule has 0 N–H and O–H groups in total. The number of carbonyl (C=O) groups is 1. The Hall–Kier alpha value is -2.16. The summed E-state index contributed by atoms with van der Waals surface area (Å²) in [4.78, 5) is 17.2. The zero-order valence-corrected chi connectivity index (χ0v) is 15.3. The van der Waals surface area contributed by atoms with Gasteiger partial charge in [0.15, 0.2) is 4.80 Å². The van der Waals surface area contributed by atoms with E-state index < -0.39 is 0 Å². The number of nitrogens with zero attached hydrogens (tertiary/aromatic N) is 2. The van der Waals surface area contributed by atoms with E-state index in [0.717, 1.165) is 20.3 Å². The van der Waals surface area contributed by atoms with Crippen LogP contribution < -0.4 is 4.80 Å². The maximum atomic E-state index is 12.3. The minimum absolute atomic E-state index is 0.129. The molecule has 2 aromatic carbocycles. The van der Waals surface area contributed by atoms with Crippen molar-refractivity contribution in [2.24, 2.45) is 4.99 Å². The molecular formula is C19H15BrN2OS. The zero-order chi connectivity index (χ0) is 16.9. The van der Waals surface area contributed by atoms with Gasteiger partial charge in [0.25, 0.3) is 0 Å². The Morgan fingerprint density at radius 2 is 2.04 bits per heavy atom. The van der Waals surface area contributed by atoms with Crippen molar-refractivity contribution in [2.75, 3.05) is 0 Å². The Bertz CT molecular complexity index is 980. The van der Waals surface area contributed by atoms with E-state index in [9.17, 15) is 4.79 Å². The average Bonchev–Trinajstić information content (AvgIpc) is 2.91. The molecule has 0 radical (unpaired) electrons. The van der Waals surface area contributed by atoms with Gasteiger partial charge in [-0.25, -0.2) is 0 Å². The summed E-state index contributed by atoms with van der Waals surface area (Å²) in [5.74, 6) is 2.51. The van der Waals surface area contributed by atoms with Crippen LogP contribution in [-0.4, -0.2) is 10.5 Å². The molecule has 0 aliphatic heterocycles. The third-order valence-corrected chi connectivity index (χ3v) is 5.12. The lowest BCUT2D eigenvalue weighted by Crippen LogP contribution is -2.16. The normalized spacial score (nSPS) is 11.6. The molecule has 3 rings (SSSR count). The van der Waals surface area contributed by atoms with Crippen LogP contribution in [0.4, 0.5) is 0 Å². The fourth-order valence-corrected chi connectivity index (χ4v) is 4.03. The minimum atomic E-state index is -0.129. The number of halogens is 1. The van der Waals surface area contributed by atoms with Gasteiger partial charge in [0, 0.05) is 10.9 Å². The Morgan fingerprint density at radius 1 is 1.25 bits per heavy atom. The summed E-state index contributed by atoms with van der Waals surface area (Å²) in [6, 6.07) is 15.9. The van der Waals surface area contributed by atoms with Crippen LogP contribution in [0.1, 0.15) is 12.0 Å². The van der Waals surface area contributed by atoms with E-state index in [-0.39, 0.29) is 5.91 Å². The van der Waals surface area contributed by atoms with E-state index in [2.05, 4.69) is 26.8 Å². The quantitative estimate of drug-likeness (QED) is 0.607. The average molecular weight is 399 g/mol. The summed E-state index contributed by atoms with van der Waals surface area (Å²) in [5, 5.41) is 0. The molecule has 0 atom stereocenters. The molecule has 1 amide bonds. The molecule has 0 aliphatic rings. The second-order valence-electron chi connectivity index (χ2n) is 5.28. The van der Waals surface area contributed by atoms with E-state index >= 15 is 0 Å². The molecule has 1 heterocycles. The number of hydrogen-bond donors (Lipinski definition) is 0. The van der Waals surface area contributed by atoms with Gasteiger partial charge in [0.2, 0.25) is 5.91 Å². The van der Waals surface area contributed by atoms with Gasteiger partial charge in [0.1, 0.15) is 0 Å². The first-order valence-corrected chi connectivity index (χ1v) is 9.12. The van der Waals surface area contributed by atoms with Crippen LogP contribution in [0.25, 0.3) is 10.2 Å². The van der Waals surface area contributed by atoms with Gasteiger partial charge in [-0.3, -0.25) is 4.79 Å². The molecule has 0 saturated heterocycles. The highest BCUT2D eigenvalue weighted by atomic mass is 79.9. The highest BCUT2D eigenvalue weighted by Gasteiger charge is 2.08. The number of hydrogen-bond acceptors (Lipinski definition) is 2. The van der Waals surface area contributed by atoms with Crippen LogP contribution in [-0.2, 0) is 17.8 Å². The molecule has 0 saturated carbocycles. The predicted molar refractivity (Wildman–Crippen MR) is 102 cm³/mol. The molecule has 0 fully saturated rings. The fourth-order valence-electron chi connectivity index (χ4n) is 2.43. The molecule has 24 heavy (non-hydrogen) atoms. The van der Waals surface area contributed by atoms with Crippen molar-refractivity contribution in [2.45, 2.75) is 19.4 Å². The van der Waals surface area contributed by atoms with Crippen molar-refractivity contribution < 1.29 is 4.79 Å². The topological polar surface area (TPSA) is 34.4 Å². The maximum Gasteiger partial charge on any atom is 0.248 e. The summed E-state index contributed by atoms with van der Waals surface area (Å²) in [6.45, 7) is 0.395. The first kappa shape index (κ1) is 16.7. The number of aromatic nitrogens is 1. The summed E-state index contributed by atoms with van der Waals surface area (Å²) in [6.07, 6.45) is 6.55. The molecular weight excluding hydrogens is 384 g/mol. The van der Waals surface area contributed by atoms with Crippen molar-refractivity contribution in [1.29, 1.82) is 0 Å². The van der Waals surface area contributed by atoms with Gasteiger partial charge in [-0.15, -0.1) is 6.42 Å². The van der Waals surface area contributed by atoms with E-state index in [1.807, 2.05) is 53.1 Å². The van der Waals surface area contributed by atoms with Crippen LogP contribution in [0, 0.1) is 12.3 Å². The lowest BCUT2D eigenvalue weighted by Gasteiger charge is -2.00. The molecule has 5 heteroatoms. The predicted octanol–water partition coefficient (Wildman–Crippen LogP) is 4.16. The number of aryl methyl sites for hydroxylation is 1. The molecule has 1 aromatic heterocycles. The first-order valence-electron chi connectivity index (χ1n) is 7.51. The summed E-state index contributed by atoms with van der Waals surface area (Å²) in [5.41, 5.74) is 2.13. The van der Waals surface area contributed by atoms with Crippen LogP contribution in [0.2, 0.25) is 0 Å². The highest BCUT2D eigenvalue weighted by Crippen LogP contribution is 2.22. The third-order valence-electron chi connectivity index (χ3n) is 3.58. The highest BCUT2D eigenvalue weighted by molar-refractivity contribution is 9.10. The lowest BCUT2D eigenvalue weighted by molar-refractivity contribution is -0.118. The summed E-state index contributed by atoms with van der Waals surface area (Å²) >= 11 is 4.94. The molecule has 0 aliphatic carbocycles. The molecule has 0 bridgehead atoms. The van der Waals surface area contributed by atoms with E-state index in [4.69, 9.17) is 6.42 Å². The van der Waals surface area contributed by atoms with Crippen molar-refractivity contribution in [3.05, 3.63) is 63.4 Å². The second kappa shape index (κ2) is 7.61. The number of benzene rings is 2. The Balaban J connectivity index is 1.89. The Morgan fingerprint density at radius 3 is 2.79 bits per heavy atom. The van der Waals surface area contributed by atoms with Gasteiger partial charge in [-0.1, -0.05) is 63.5 Å². The van der Waals surface area contributed by atoms with E-state index in [1.165, 1.54) is 11.3 Å². The Kier molecular flexibility index (Phi) is 5.29. The van der Waals surface area contributed by atoms with Gasteiger partial charge in [0.05, 0.1) is 16.8 Å². The molecule has 120 valence electrons. The monoisotopic (exact) mass is 398 g/mol. The smallest absolute Gasteiger partial charge is 0.248 e. The third kappa shape index (κ3) is 3.84. The molecule has 3 nitrogen and oxygen atoms in total. The summed E-state index contributed by atoms with van der Waals surface area (Å²) < 4.78 is 3.95. The van der Waals surface area contributed by atoms with E-state index in [0.29, 0.717) is 24.2 Å². The van der Waals surface area contributed by atoms with Crippen molar-refractivity contribution in [3.8, 4) is 12.3 Å². The van der Waals surface area contributed by atoms with Gasteiger partial charge in [-0.05, 0) is 30.2 Å². The van der Waals surface area contributed by atoms with E-state index in [1.54, 1.807) is 0 Å². The van der Waals surface area contributed by atoms with Gasteiger partial charge in [-0.2, -0.15) is 4.99 Å². The number of fused-ring (bicyclic) bond motifs is 1. The zero-order valence-electron chi connectivity index (χ0n) is 12.9. The first-order chi connectivity index (χ1) is 11.7. The largest absolute Gasteiger partial charge is 0.305 e. The number of amides is 1. The van der Waals surface area contributed by atoms with Crippen LogP contribution >= 0.6 is 27.3 Å². The SMILES string of the molecule is C#CCn1c(=NC(=O)CCc2ccccc2)sc2cc(Br)ccc21. The van der Waals surface area contributed by atoms with Crippen molar-refractivity contribution in [1.82, 2.24) is 4.57 Å². The van der Waals surface area contributed by atoms with Crippen LogP contribution in [0.3, 0.4) is 0 Å². The maximum absolute atomic E-state index is 12.3. The van der Waals surface area contributed by atoms with Crippen molar-refractivity contribution >= 4 is 43.4 Å². The molecule has 0 unspecified atom stereocenters. The van der Waals surface area contributed by atoms with Gasteiger partial charge >= 0.3 is 0 Å². The van der Waals surface area contributed by atoms with Crippen molar-refractivity contribution in [3.63, 3.8) is 0 Å². The van der Waals surface area contributed by atoms with Gasteiger partial charge < -0.3 is 4.57 Å². The molecule has 0 spiro atoms. The van der Waals surface area contributed by atoms with Crippen LogP contribution in [0.15, 0.2) is 58.0 Å². The molecule has 3 aromatic rings. The van der Waals surface area contributed by atoms with Crippen LogP contribution in [0.5, 0.6) is 0 Å². The minimum Gasteiger partial charge on any atom is -0.305 e. The fraction of sp³-hybridized carbons (Fsp3) is 0.158. The number of terminal acetylenes is 1. The lowest BCUT2D eigenvalue weighted by atomic mass is 10.1. The standard InChI is InChI=1S/C19H15BrN2OS/c1-2-12-22-16-10-9-15(20)13-17(16)24-19(22)21-18(23)11-8-14-6-4-3-5-7-14/h1,3-7,9-10,13H,8,11-12H2. The Labute approximate surface area is 152 Å².